The van der Waals surface area contributed by atoms with Crippen molar-refractivity contribution in [1.29, 1.82) is 0 Å². The first-order valence-electron chi connectivity index (χ1n) is 10.7. The minimum absolute atomic E-state index is 0.102. The van der Waals surface area contributed by atoms with E-state index in [1.807, 2.05) is 64.2 Å². The van der Waals surface area contributed by atoms with Crippen molar-refractivity contribution < 1.29 is 9.59 Å². The summed E-state index contributed by atoms with van der Waals surface area (Å²) in [5, 5.41) is 3.94. The van der Waals surface area contributed by atoms with Crippen LogP contribution in [0.15, 0.2) is 53.1 Å². The monoisotopic (exact) mass is 477 g/mol. The highest BCUT2D eigenvalue weighted by Crippen LogP contribution is 2.35. The normalized spacial score (nSPS) is 19.7. The van der Waals surface area contributed by atoms with Gasteiger partial charge in [-0.15, -0.1) is 0 Å². The fourth-order valence-electron chi connectivity index (χ4n) is 4.69. The van der Waals surface area contributed by atoms with Crippen LogP contribution in [0.1, 0.15) is 37.3 Å². The average Bonchev–Trinajstić information content (AvgIpc) is 3.25. The predicted molar refractivity (Wildman–Crippen MR) is 128 cm³/mol. The van der Waals surface area contributed by atoms with Crippen molar-refractivity contribution in [2.45, 2.75) is 38.8 Å². The molecule has 1 fully saturated rings. The number of halogens is 1. The van der Waals surface area contributed by atoms with Crippen molar-refractivity contribution in [2.24, 2.45) is 0 Å². The van der Waals surface area contributed by atoms with Crippen LogP contribution in [-0.2, 0) is 16.1 Å². The lowest BCUT2D eigenvalue weighted by Gasteiger charge is -2.33. The van der Waals surface area contributed by atoms with Gasteiger partial charge in [-0.25, -0.2) is 0 Å². The van der Waals surface area contributed by atoms with Crippen molar-refractivity contribution in [1.82, 2.24) is 9.47 Å². The van der Waals surface area contributed by atoms with Crippen molar-refractivity contribution in [3.05, 3.63) is 64.3 Å². The summed E-state index contributed by atoms with van der Waals surface area (Å²) in [6.07, 6.45) is 7.25. The molecule has 1 aromatic heterocycles. The zero-order chi connectivity index (χ0) is 21.5. The Bertz CT molecular complexity index is 1230. The highest BCUT2D eigenvalue weighted by Gasteiger charge is 2.26. The molecule has 2 amide bonds. The summed E-state index contributed by atoms with van der Waals surface area (Å²) in [5.74, 6) is 0.0468. The van der Waals surface area contributed by atoms with E-state index in [4.69, 9.17) is 0 Å². The van der Waals surface area contributed by atoms with Gasteiger partial charge in [-0.2, -0.15) is 0 Å². The molecule has 0 saturated carbocycles. The number of nitrogens with zero attached hydrogens (tertiary/aromatic N) is 2. The quantitative estimate of drug-likeness (QED) is 0.520. The number of fused-ring (bicyclic) bond motifs is 2. The van der Waals surface area contributed by atoms with E-state index in [2.05, 4.69) is 28.2 Å². The molecule has 1 unspecified atom stereocenters. The first kappa shape index (κ1) is 20.1. The van der Waals surface area contributed by atoms with E-state index >= 15 is 0 Å². The second-order valence-corrected chi connectivity index (χ2v) is 9.28. The van der Waals surface area contributed by atoms with E-state index in [9.17, 15) is 9.59 Å². The van der Waals surface area contributed by atoms with E-state index in [0.29, 0.717) is 12.1 Å². The van der Waals surface area contributed by atoms with Crippen molar-refractivity contribution in [2.75, 3.05) is 11.9 Å². The third kappa shape index (κ3) is 3.69. The van der Waals surface area contributed by atoms with E-state index in [1.165, 1.54) is 6.42 Å². The maximum absolute atomic E-state index is 13.1. The van der Waals surface area contributed by atoms with E-state index in [1.54, 1.807) is 0 Å². The van der Waals surface area contributed by atoms with Gasteiger partial charge in [0.05, 0.1) is 0 Å². The zero-order valence-corrected chi connectivity index (χ0v) is 19.0. The van der Waals surface area contributed by atoms with Crippen molar-refractivity contribution in [3.63, 3.8) is 0 Å². The zero-order valence-electron chi connectivity index (χ0n) is 17.4. The summed E-state index contributed by atoms with van der Waals surface area (Å²) < 4.78 is 2.97. The minimum Gasteiger partial charge on any atom is -0.338 e. The van der Waals surface area contributed by atoms with Gasteiger partial charge in [0.15, 0.2) is 0 Å². The van der Waals surface area contributed by atoms with Crippen LogP contribution >= 0.6 is 15.9 Å². The minimum atomic E-state index is -0.102. The number of nitrogens with one attached hydrogen (secondary N) is 1. The highest BCUT2D eigenvalue weighted by atomic mass is 79.9. The molecular formula is C25H24BrN3O2. The number of likely N-dealkylation sites (tertiary alicyclic amines) is 1. The molecule has 2 aliphatic rings. The Morgan fingerprint density at radius 1 is 1.23 bits per heavy atom. The van der Waals surface area contributed by atoms with Crippen LogP contribution in [0.3, 0.4) is 0 Å². The molecule has 31 heavy (non-hydrogen) atoms. The van der Waals surface area contributed by atoms with Crippen molar-refractivity contribution >= 4 is 56.0 Å². The van der Waals surface area contributed by atoms with Gasteiger partial charge < -0.3 is 14.8 Å². The number of hydrogen-bond acceptors (Lipinski definition) is 2. The largest absolute Gasteiger partial charge is 0.338 e. The number of para-hydroxylation sites is 1. The standard InChI is InChI=1S/C25H24BrN3O2/c1-16-6-4-5-11-29(16)24(30)15-28-14-17(20-13-18(26)9-10-23(20)28)12-21-19-7-2-3-8-22(19)27-25(21)31/h2-3,7-10,12-14,16H,4-6,11,15H2,1H3,(H,27,31)/b21-12+. The molecule has 0 bridgehead atoms. The van der Waals surface area contributed by atoms with Crippen LogP contribution in [-0.4, -0.2) is 33.9 Å². The number of amides is 2. The molecule has 1 N–H and O–H groups in total. The summed E-state index contributed by atoms with van der Waals surface area (Å²) in [4.78, 5) is 27.7. The van der Waals surface area contributed by atoms with Gasteiger partial charge in [0.25, 0.3) is 5.91 Å². The summed E-state index contributed by atoms with van der Waals surface area (Å²) in [6, 6.07) is 14.1. The molecule has 2 aliphatic heterocycles. The van der Waals surface area contributed by atoms with Gasteiger partial charge in [0, 0.05) is 56.5 Å². The number of hydrogen-bond donors (Lipinski definition) is 1. The number of anilines is 1. The Hall–Kier alpha value is -2.86. The fraction of sp³-hybridized carbons (Fsp3) is 0.280. The molecule has 3 heterocycles. The Morgan fingerprint density at radius 3 is 2.90 bits per heavy atom. The maximum atomic E-state index is 13.1. The lowest BCUT2D eigenvalue weighted by Crippen LogP contribution is -2.43. The number of rotatable bonds is 3. The number of benzene rings is 2. The smallest absolute Gasteiger partial charge is 0.256 e. The Kier molecular flexibility index (Phi) is 5.18. The molecule has 5 nitrogen and oxygen atoms in total. The second kappa shape index (κ2) is 8.00. The SMILES string of the molecule is CC1CCCCN1C(=O)Cn1cc(/C=C2/C(=O)Nc3ccccc32)c2cc(Br)ccc21. The molecule has 158 valence electrons. The third-order valence-electron chi connectivity index (χ3n) is 6.31. The summed E-state index contributed by atoms with van der Waals surface area (Å²) in [7, 11) is 0. The number of aromatic nitrogens is 1. The van der Waals surface area contributed by atoms with Gasteiger partial charge in [-0.3, -0.25) is 9.59 Å². The lowest BCUT2D eigenvalue weighted by molar-refractivity contribution is -0.135. The highest BCUT2D eigenvalue weighted by molar-refractivity contribution is 9.10. The molecule has 3 aromatic rings. The van der Waals surface area contributed by atoms with E-state index < -0.39 is 0 Å². The fourth-order valence-corrected chi connectivity index (χ4v) is 5.05. The molecule has 0 spiro atoms. The van der Waals surface area contributed by atoms with Gasteiger partial charge in [0.1, 0.15) is 6.54 Å². The Morgan fingerprint density at radius 2 is 2.06 bits per heavy atom. The van der Waals surface area contributed by atoms with Crippen LogP contribution in [0.2, 0.25) is 0 Å². The summed E-state index contributed by atoms with van der Waals surface area (Å²) >= 11 is 3.56. The first-order chi connectivity index (χ1) is 15.0. The maximum Gasteiger partial charge on any atom is 0.256 e. The molecule has 2 aromatic carbocycles. The first-order valence-corrected chi connectivity index (χ1v) is 11.5. The van der Waals surface area contributed by atoms with Gasteiger partial charge in [0.2, 0.25) is 5.91 Å². The van der Waals surface area contributed by atoms with E-state index in [0.717, 1.165) is 51.6 Å². The molecule has 0 radical (unpaired) electrons. The van der Waals surface area contributed by atoms with Crippen LogP contribution in [0.4, 0.5) is 5.69 Å². The molecule has 6 heteroatoms. The van der Waals surface area contributed by atoms with Crippen LogP contribution in [0.5, 0.6) is 0 Å². The molecule has 5 rings (SSSR count). The third-order valence-corrected chi connectivity index (χ3v) is 6.81. The molecule has 1 saturated heterocycles. The second-order valence-electron chi connectivity index (χ2n) is 8.36. The van der Waals surface area contributed by atoms with Crippen LogP contribution in [0, 0.1) is 0 Å². The van der Waals surface area contributed by atoms with Crippen LogP contribution in [0.25, 0.3) is 22.6 Å². The molecule has 0 aliphatic carbocycles. The Balaban J connectivity index is 1.55. The number of carbonyl (C=O) groups is 2. The lowest BCUT2D eigenvalue weighted by atomic mass is 10.0. The predicted octanol–water partition coefficient (Wildman–Crippen LogP) is 5.30. The molecule has 1 atom stereocenters. The number of piperidine rings is 1. The van der Waals surface area contributed by atoms with Crippen molar-refractivity contribution in [3.8, 4) is 0 Å². The topological polar surface area (TPSA) is 54.3 Å². The summed E-state index contributed by atoms with van der Waals surface area (Å²) in [5.41, 5.74) is 4.29. The average molecular weight is 478 g/mol. The van der Waals surface area contributed by atoms with Gasteiger partial charge >= 0.3 is 0 Å². The molecular weight excluding hydrogens is 454 g/mol. The van der Waals surface area contributed by atoms with Crippen LogP contribution < -0.4 is 5.32 Å². The number of carbonyl (C=O) groups excluding carboxylic acids is 2. The summed E-state index contributed by atoms with van der Waals surface area (Å²) in [6.45, 7) is 3.26. The Labute approximate surface area is 189 Å². The van der Waals surface area contributed by atoms with E-state index in [-0.39, 0.29) is 17.9 Å². The van der Waals surface area contributed by atoms with Gasteiger partial charge in [-0.1, -0.05) is 34.1 Å². The van der Waals surface area contributed by atoms with Gasteiger partial charge in [-0.05, 0) is 56.5 Å².